The van der Waals surface area contributed by atoms with Gasteiger partial charge in [-0.25, -0.2) is 0 Å². The zero-order valence-corrected chi connectivity index (χ0v) is 11.7. The van der Waals surface area contributed by atoms with Gasteiger partial charge in [0, 0.05) is 25.4 Å². The second-order valence-corrected chi connectivity index (χ2v) is 6.87. The lowest BCUT2D eigenvalue weighted by Crippen LogP contribution is -2.35. The first-order valence-corrected chi connectivity index (χ1v) is 7.82. The molecule has 3 fully saturated rings. The summed E-state index contributed by atoms with van der Waals surface area (Å²) >= 11 is 0. The van der Waals surface area contributed by atoms with E-state index in [1.54, 1.807) is 0 Å². The number of rotatable bonds is 2. The van der Waals surface area contributed by atoms with Crippen LogP contribution in [0.3, 0.4) is 0 Å². The van der Waals surface area contributed by atoms with Crippen LogP contribution in [0.2, 0.25) is 0 Å². The third-order valence-corrected chi connectivity index (χ3v) is 5.70. The second kappa shape index (κ2) is 4.61. The molecule has 2 heterocycles. The first kappa shape index (κ1) is 12.4. The Morgan fingerprint density at radius 2 is 1.85 bits per heavy atom. The van der Waals surface area contributed by atoms with Crippen LogP contribution in [0.15, 0.2) is 12.2 Å². The van der Waals surface area contributed by atoms with Gasteiger partial charge in [-0.2, -0.15) is 0 Å². The second-order valence-electron chi connectivity index (χ2n) is 6.87. The molecule has 5 aliphatic rings. The van der Waals surface area contributed by atoms with Gasteiger partial charge in [-0.05, 0) is 36.5 Å². The summed E-state index contributed by atoms with van der Waals surface area (Å²) in [6.07, 6.45) is 8.26. The molecule has 5 rings (SSSR count). The summed E-state index contributed by atoms with van der Waals surface area (Å²) < 4.78 is 4.95. The van der Waals surface area contributed by atoms with Crippen LogP contribution >= 0.6 is 0 Å². The smallest absolute Gasteiger partial charge is 0.306 e. The van der Waals surface area contributed by atoms with E-state index in [9.17, 15) is 9.59 Å². The summed E-state index contributed by atoms with van der Waals surface area (Å²) in [4.78, 5) is 25.6. The zero-order chi connectivity index (χ0) is 13.7. The number of cyclic esters (lactones) is 1. The Labute approximate surface area is 119 Å². The van der Waals surface area contributed by atoms with Crippen LogP contribution in [-0.4, -0.2) is 36.5 Å². The highest BCUT2D eigenvalue weighted by atomic mass is 16.5. The van der Waals surface area contributed by atoms with Crippen LogP contribution in [0, 0.1) is 29.6 Å². The van der Waals surface area contributed by atoms with Crippen LogP contribution in [0.4, 0.5) is 0 Å². The third-order valence-electron chi connectivity index (χ3n) is 5.70. The van der Waals surface area contributed by atoms with E-state index in [-0.39, 0.29) is 17.8 Å². The number of likely N-dealkylation sites (tertiary alicyclic amines) is 1. The minimum absolute atomic E-state index is 0.104. The van der Waals surface area contributed by atoms with Crippen molar-refractivity contribution >= 4 is 11.9 Å². The number of carbonyl (C=O) groups excluding carboxylic acids is 2. The van der Waals surface area contributed by atoms with Gasteiger partial charge >= 0.3 is 5.97 Å². The maximum atomic E-state index is 12.4. The molecule has 0 radical (unpaired) electrons. The lowest BCUT2D eigenvalue weighted by atomic mass is 9.64. The van der Waals surface area contributed by atoms with E-state index >= 15 is 0 Å². The standard InChI is InChI=1S/C16H21NO3/c18-15(5-10-6-16(19)20-9-10)17-7-13-11-1-2-12(4-3-11)14(13)8-17/h1-2,10-14H,3-9H2/t10-,11-,12-,13-,14-/m0/s1. The molecule has 0 spiro atoms. The SMILES string of the molecule is O=C1C[C@H](CC(=O)N2C[C@@H]3[C@@H](C2)[C@H]2C=C[C@H]3CC2)CO1. The van der Waals surface area contributed by atoms with E-state index in [1.807, 2.05) is 0 Å². The van der Waals surface area contributed by atoms with Crippen LogP contribution in [0.1, 0.15) is 25.7 Å². The maximum absolute atomic E-state index is 12.4. The van der Waals surface area contributed by atoms with Crippen LogP contribution in [-0.2, 0) is 14.3 Å². The van der Waals surface area contributed by atoms with E-state index in [1.165, 1.54) is 12.8 Å². The first-order valence-electron chi connectivity index (χ1n) is 7.82. The number of nitrogens with zero attached hydrogens (tertiary/aromatic N) is 1. The maximum Gasteiger partial charge on any atom is 0.306 e. The molecule has 1 amide bonds. The number of carbonyl (C=O) groups is 2. The molecule has 3 aliphatic carbocycles. The number of allylic oxidation sites excluding steroid dienone is 2. The fourth-order valence-corrected chi connectivity index (χ4v) is 4.61. The van der Waals surface area contributed by atoms with Crippen molar-refractivity contribution in [2.24, 2.45) is 29.6 Å². The number of ether oxygens (including phenoxy) is 1. The molecule has 2 saturated heterocycles. The number of hydrogen-bond acceptors (Lipinski definition) is 3. The lowest BCUT2D eigenvalue weighted by molar-refractivity contribution is -0.138. The highest BCUT2D eigenvalue weighted by Crippen LogP contribution is 2.48. The summed E-state index contributed by atoms with van der Waals surface area (Å²) in [6.45, 7) is 2.28. The van der Waals surface area contributed by atoms with Crippen molar-refractivity contribution < 1.29 is 14.3 Å². The summed E-state index contributed by atoms with van der Waals surface area (Å²) in [5.74, 6) is 2.93. The minimum Gasteiger partial charge on any atom is -0.465 e. The predicted octanol–water partition coefficient (Wildman–Crippen LogP) is 1.61. The minimum atomic E-state index is -0.153. The van der Waals surface area contributed by atoms with Crippen molar-refractivity contribution in [1.29, 1.82) is 0 Å². The Morgan fingerprint density at radius 3 is 2.35 bits per heavy atom. The average molecular weight is 275 g/mol. The van der Waals surface area contributed by atoms with E-state index in [4.69, 9.17) is 4.74 Å². The molecular formula is C16H21NO3. The molecule has 2 bridgehead atoms. The largest absolute Gasteiger partial charge is 0.465 e. The van der Waals surface area contributed by atoms with Crippen molar-refractivity contribution in [3.8, 4) is 0 Å². The van der Waals surface area contributed by atoms with Gasteiger partial charge in [0.05, 0.1) is 13.0 Å². The molecule has 0 aromatic rings. The number of amides is 1. The molecule has 0 N–H and O–H groups in total. The van der Waals surface area contributed by atoms with Crippen LogP contribution < -0.4 is 0 Å². The molecule has 20 heavy (non-hydrogen) atoms. The molecule has 0 aromatic carbocycles. The van der Waals surface area contributed by atoms with E-state index < -0.39 is 0 Å². The van der Waals surface area contributed by atoms with Crippen molar-refractivity contribution in [3.05, 3.63) is 12.2 Å². The Kier molecular flexibility index (Phi) is 2.86. The molecule has 108 valence electrons. The quantitative estimate of drug-likeness (QED) is 0.568. The summed E-state index contributed by atoms with van der Waals surface area (Å²) in [7, 11) is 0. The van der Waals surface area contributed by atoms with Gasteiger partial charge in [0.15, 0.2) is 0 Å². The van der Waals surface area contributed by atoms with Crippen LogP contribution in [0.5, 0.6) is 0 Å². The first-order chi connectivity index (χ1) is 9.70. The predicted molar refractivity (Wildman–Crippen MR) is 72.6 cm³/mol. The highest BCUT2D eigenvalue weighted by Gasteiger charge is 2.47. The van der Waals surface area contributed by atoms with E-state index in [0.717, 1.165) is 13.1 Å². The summed E-state index contributed by atoms with van der Waals surface area (Å²) in [6, 6.07) is 0. The van der Waals surface area contributed by atoms with Gasteiger partial charge in [-0.15, -0.1) is 0 Å². The Hall–Kier alpha value is -1.32. The van der Waals surface area contributed by atoms with Crippen molar-refractivity contribution in [2.45, 2.75) is 25.7 Å². The molecule has 4 heteroatoms. The number of fused-ring (bicyclic) bond motifs is 1. The molecule has 1 saturated carbocycles. The Bertz CT molecular complexity index is 450. The molecule has 4 nitrogen and oxygen atoms in total. The third kappa shape index (κ3) is 1.97. The van der Waals surface area contributed by atoms with Gasteiger partial charge in [0.1, 0.15) is 0 Å². The average Bonchev–Trinajstić information content (AvgIpc) is 3.07. The zero-order valence-electron chi connectivity index (χ0n) is 11.7. The molecular weight excluding hydrogens is 254 g/mol. The Balaban J connectivity index is 1.39. The highest BCUT2D eigenvalue weighted by molar-refractivity contribution is 5.79. The summed E-state index contributed by atoms with van der Waals surface area (Å²) in [5, 5.41) is 0. The molecule has 2 aliphatic heterocycles. The topological polar surface area (TPSA) is 46.6 Å². The molecule has 5 atom stereocenters. The monoisotopic (exact) mass is 275 g/mol. The normalized spacial score (nSPS) is 41.9. The van der Waals surface area contributed by atoms with Crippen molar-refractivity contribution in [2.75, 3.05) is 19.7 Å². The van der Waals surface area contributed by atoms with Gasteiger partial charge in [-0.1, -0.05) is 12.2 Å². The molecule has 0 unspecified atom stereocenters. The van der Waals surface area contributed by atoms with Crippen molar-refractivity contribution in [1.82, 2.24) is 4.90 Å². The van der Waals surface area contributed by atoms with E-state index in [2.05, 4.69) is 17.1 Å². The van der Waals surface area contributed by atoms with Gasteiger partial charge < -0.3 is 9.64 Å². The van der Waals surface area contributed by atoms with E-state index in [0.29, 0.717) is 43.1 Å². The number of hydrogen-bond donors (Lipinski definition) is 0. The van der Waals surface area contributed by atoms with Crippen molar-refractivity contribution in [3.63, 3.8) is 0 Å². The van der Waals surface area contributed by atoms with Crippen LogP contribution in [0.25, 0.3) is 0 Å². The lowest BCUT2D eigenvalue weighted by Gasteiger charge is -2.40. The Morgan fingerprint density at radius 1 is 1.20 bits per heavy atom. The number of esters is 1. The summed E-state index contributed by atoms with van der Waals surface area (Å²) in [5.41, 5.74) is 0. The fourth-order valence-electron chi connectivity index (χ4n) is 4.61. The van der Waals surface area contributed by atoms with Gasteiger partial charge in [0.2, 0.25) is 5.91 Å². The molecule has 0 aromatic heterocycles. The van der Waals surface area contributed by atoms with Gasteiger partial charge in [0.25, 0.3) is 0 Å². The fraction of sp³-hybridized carbons (Fsp3) is 0.750. The van der Waals surface area contributed by atoms with Gasteiger partial charge in [-0.3, -0.25) is 9.59 Å².